The second-order valence-corrected chi connectivity index (χ2v) is 0.955. The molecule has 0 saturated heterocycles. The highest BCUT2D eigenvalue weighted by Crippen LogP contribution is 1.87. The van der Waals surface area contributed by atoms with Crippen LogP contribution in [0.3, 0.4) is 0 Å². The zero-order valence-electron chi connectivity index (χ0n) is 4.92. The van der Waals surface area contributed by atoms with Crippen LogP contribution in [0.25, 0.3) is 0 Å². The smallest absolute Gasteiger partial charge is 0.320 e. The zero-order chi connectivity index (χ0) is 6.99. The second-order valence-electron chi connectivity index (χ2n) is 0.955. The predicted molar refractivity (Wildman–Crippen MR) is 26.7 cm³/mol. The third kappa shape index (κ3) is 231. The molecule has 0 unspecified atom stereocenters. The number of nitrogens with one attached hydrogen (secondary N) is 1. The van der Waals surface area contributed by atoms with Gasteiger partial charge in [-0.2, -0.15) is 13.2 Å². The van der Waals surface area contributed by atoms with E-state index in [2.05, 4.69) is 12.2 Å². The molecule has 0 heterocycles. The molecule has 0 atom stereocenters. The van der Waals surface area contributed by atoms with Crippen molar-refractivity contribution in [3.8, 4) is 0 Å². The summed E-state index contributed by atoms with van der Waals surface area (Å²) in [5.41, 5.74) is 0. The van der Waals surface area contributed by atoms with Crippen LogP contribution in [0.5, 0.6) is 0 Å². The SMILES string of the molecule is CCNC.FC(F)F. The summed E-state index contributed by atoms with van der Waals surface area (Å²) in [5.74, 6) is 0. The summed E-state index contributed by atoms with van der Waals surface area (Å²) in [6, 6.07) is 0. The van der Waals surface area contributed by atoms with Crippen LogP contribution in [0.15, 0.2) is 0 Å². The van der Waals surface area contributed by atoms with E-state index in [0.717, 1.165) is 6.54 Å². The Balaban J connectivity index is 0. The molecule has 52 valence electrons. The summed E-state index contributed by atoms with van der Waals surface area (Å²) >= 11 is 0. The lowest BCUT2D eigenvalue weighted by atomic mass is 10.8. The van der Waals surface area contributed by atoms with Crippen LogP contribution in [-0.2, 0) is 0 Å². The third-order valence-electron chi connectivity index (χ3n) is 0.354. The first-order valence-corrected chi connectivity index (χ1v) is 2.22. The zero-order valence-corrected chi connectivity index (χ0v) is 4.92. The van der Waals surface area contributed by atoms with Gasteiger partial charge in [-0.3, -0.25) is 0 Å². The van der Waals surface area contributed by atoms with Gasteiger partial charge in [0, 0.05) is 0 Å². The molecule has 8 heavy (non-hydrogen) atoms. The molecule has 0 aromatic rings. The Morgan fingerprint density at radius 3 is 1.50 bits per heavy atom. The van der Waals surface area contributed by atoms with Crippen LogP contribution in [0, 0.1) is 0 Å². The van der Waals surface area contributed by atoms with E-state index in [4.69, 9.17) is 0 Å². The van der Waals surface area contributed by atoms with Gasteiger partial charge in [-0.05, 0) is 13.6 Å². The van der Waals surface area contributed by atoms with Crippen molar-refractivity contribution < 1.29 is 13.2 Å². The molecule has 4 heteroatoms. The van der Waals surface area contributed by atoms with Gasteiger partial charge in [0.2, 0.25) is 0 Å². The summed E-state index contributed by atoms with van der Waals surface area (Å²) < 4.78 is 29.0. The number of halogens is 3. The molecular weight excluding hydrogens is 119 g/mol. The number of hydrogen-bond acceptors (Lipinski definition) is 1. The Kier molecular flexibility index (Phi) is 13.2. The molecule has 1 nitrogen and oxygen atoms in total. The molecule has 0 amide bonds. The topological polar surface area (TPSA) is 12.0 Å². The van der Waals surface area contributed by atoms with Crippen molar-refractivity contribution in [3.05, 3.63) is 0 Å². The first-order valence-electron chi connectivity index (χ1n) is 2.22. The van der Waals surface area contributed by atoms with Crippen molar-refractivity contribution in [2.24, 2.45) is 0 Å². The highest BCUT2D eigenvalue weighted by atomic mass is 19.4. The van der Waals surface area contributed by atoms with E-state index in [1.165, 1.54) is 0 Å². The summed E-state index contributed by atoms with van der Waals surface area (Å²) in [6.07, 6.45) is 0. The van der Waals surface area contributed by atoms with E-state index in [9.17, 15) is 13.2 Å². The van der Waals surface area contributed by atoms with Gasteiger partial charge in [0.15, 0.2) is 0 Å². The second kappa shape index (κ2) is 9.89. The maximum atomic E-state index is 9.67. The molecule has 0 aliphatic rings. The minimum absolute atomic E-state index is 1.07. The Morgan fingerprint density at radius 1 is 1.38 bits per heavy atom. The average Bonchev–Trinajstić information content (AvgIpc) is 1.65. The van der Waals surface area contributed by atoms with Crippen LogP contribution in [0.2, 0.25) is 0 Å². The number of alkyl halides is 3. The van der Waals surface area contributed by atoms with Gasteiger partial charge in [-0.15, -0.1) is 0 Å². The van der Waals surface area contributed by atoms with Crippen molar-refractivity contribution in [2.45, 2.75) is 13.6 Å². The highest BCUT2D eigenvalue weighted by molar-refractivity contribution is 4.15. The van der Waals surface area contributed by atoms with Crippen LogP contribution in [-0.4, -0.2) is 20.3 Å². The minimum Gasteiger partial charge on any atom is -0.320 e. The fourth-order valence-electron chi connectivity index (χ4n) is 0. The quantitative estimate of drug-likeness (QED) is 0.564. The lowest BCUT2D eigenvalue weighted by molar-refractivity contribution is 0.00819. The molecule has 0 aliphatic carbocycles. The van der Waals surface area contributed by atoms with Crippen molar-refractivity contribution >= 4 is 0 Å². The fourth-order valence-corrected chi connectivity index (χ4v) is 0. The monoisotopic (exact) mass is 129 g/mol. The predicted octanol–water partition coefficient (Wildman–Crippen LogP) is 1.40. The van der Waals surface area contributed by atoms with Crippen LogP contribution in [0.1, 0.15) is 6.92 Å². The van der Waals surface area contributed by atoms with Gasteiger partial charge in [-0.1, -0.05) is 6.92 Å². The Morgan fingerprint density at radius 2 is 1.50 bits per heavy atom. The third-order valence-corrected chi connectivity index (χ3v) is 0.354. The van der Waals surface area contributed by atoms with E-state index < -0.39 is 6.68 Å². The van der Waals surface area contributed by atoms with Crippen LogP contribution < -0.4 is 5.32 Å². The van der Waals surface area contributed by atoms with Gasteiger partial charge in [0.05, 0.1) is 0 Å². The molecule has 0 aromatic heterocycles. The molecular formula is C4H10F3N. The van der Waals surface area contributed by atoms with Gasteiger partial charge in [0.1, 0.15) is 0 Å². The first kappa shape index (κ1) is 10.7. The maximum Gasteiger partial charge on any atom is 0.379 e. The summed E-state index contributed by atoms with van der Waals surface area (Å²) in [7, 11) is 1.93. The van der Waals surface area contributed by atoms with Crippen molar-refractivity contribution in [3.63, 3.8) is 0 Å². The van der Waals surface area contributed by atoms with E-state index in [0.29, 0.717) is 0 Å². The summed E-state index contributed by atoms with van der Waals surface area (Å²) in [6.45, 7) is -0.528. The molecule has 1 N–H and O–H groups in total. The van der Waals surface area contributed by atoms with Crippen molar-refractivity contribution in [1.29, 1.82) is 0 Å². The molecule has 0 bridgehead atoms. The largest absolute Gasteiger partial charge is 0.379 e. The average molecular weight is 129 g/mol. The molecule has 0 rings (SSSR count). The first-order chi connectivity index (χ1) is 3.65. The maximum absolute atomic E-state index is 9.67. The standard InChI is InChI=1S/C3H9N.CHF3/c1-3-4-2;2-1(3)4/h4H,3H2,1-2H3;1H. The molecule has 0 aliphatic heterocycles. The van der Waals surface area contributed by atoms with E-state index in [1.807, 2.05) is 7.05 Å². The van der Waals surface area contributed by atoms with E-state index >= 15 is 0 Å². The molecule has 0 saturated carbocycles. The van der Waals surface area contributed by atoms with Crippen LogP contribution in [0.4, 0.5) is 13.2 Å². The molecule has 0 radical (unpaired) electrons. The number of hydrogen-bond donors (Lipinski definition) is 1. The van der Waals surface area contributed by atoms with Crippen molar-refractivity contribution in [1.82, 2.24) is 5.32 Å². The Hall–Kier alpha value is -0.250. The lowest BCUT2D eigenvalue weighted by Gasteiger charge is -1.76. The number of rotatable bonds is 1. The Labute approximate surface area is 46.9 Å². The molecule has 0 spiro atoms. The van der Waals surface area contributed by atoms with Crippen molar-refractivity contribution in [2.75, 3.05) is 13.6 Å². The van der Waals surface area contributed by atoms with E-state index in [-0.39, 0.29) is 0 Å². The van der Waals surface area contributed by atoms with Gasteiger partial charge in [-0.25, -0.2) is 0 Å². The minimum atomic E-state index is -3.67. The fraction of sp³-hybridized carbons (Fsp3) is 1.00. The summed E-state index contributed by atoms with van der Waals surface area (Å²) in [4.78, 5) is 0. The normalized spacial score (nSPS) is 8.25. The van der Waals surface area contributed by atoms with Gasteiger partial charge >= 0.3 is 6.68 Å². The molecule has 0 aromatic carbocycles. The Bertz CT molecular complexity index is 27.7. The van der Waals surface area contributed by atoms with Gasteiger partial charge < -0.3 is 5.32 Å². The molecule has 0 fully saturated rings. The van der Waals surface area contributed by atoms with Crippen LogP contribution >= 0.6 is 0 Å². The highest BCUT2D eigenvalue weighted by Gasteiger charge is 1.86. The lowest BCUT2D eigenvalue weighted by Crippen LogP contribution is -2.01. The summed E-state index contributed by atoms with van der Waals surface area (Å²) in [5, 5.41) is 2.93. The van der Waals surface area contributed by atoms with Gasteiger partial charge in [0.25, 0.3) is 0 Å². The van der Waals surface area contributed by atoms with E-state index in [1.54, 1.807) is 0 Å².